The molecular weight excluding hydrogens is 257 g/mol. The lowest BCUT2D eigenvalue weighted by molar-refractivity contribution is 0.207. The number of carbonyl (C=O) groups is 1. The van der Waals surface area contributed by atoms with E-state index in [0.29, 0.717) is 5.69 Å². The van der Waals surface area contributed by atoms with Crippen LogP contribution in [0.25, 0.3) is 0 Å². The molecule has 3 nitrogen and oxygen atoms in total. The van der Waals surface area contributed by atoms with E-state index in [0.717, 1.165) is 12.0 Å². The average molecular weight is 273 g/mol. The van der Waals surface area contributed by atoms with E-state index < -0.39 is 11.9 Å². The molecule has 0 saturated heterocycles. The number of rotatable bonds is 3. The molecular formula is C16H16FNO2. The van der Waals surface area contributed by atoms with E-state index in [1.807, 2.05) is 25.1 Å². The van der Waals surface area contributed by atoms with Crippen molar-refractivity contribution in [1.29, 1.82) is 0 Å². The largest absolute Gasteiger partial charge is 0.419 e. The SMILES string of the molecule is CCc1ccc(OC(=O)N(C)c2ccccc2)c(F)c1. The van der Waals surface area contributed by atoms with Gasteiger partial charge in [0.1, 0.15) is 0 Å². The minimum absolute atomic E-state index is 0.0602. The normalized spacial score (nSPS) is 10.2. The molecule has 4 heteroatoms. The van der Waals surface area contributed by atoms with Crippen molar-refractivity contribution in [3.05, 3.63) is 59.9 Å². The van der Waals surface area contributed by atoms with Gasteiger partial charge in [-0.05, 0) is 36.2 Å². The molecule has 104 valence electrons. The number of nitrogens with zero attached hydrogens (tertiary/aromatic N) is 1. The fraction of sp³-hybridized carbons (Fsp3) is 0.188. The van der Waals surface area contributed by atoms with E-state index in [1.54, 1.807) is 25.2 Å². The molecule has 0 spiro atoms. The Labute approximate surface area is 117 Å². The maximum Gasteiger partial charge on any atom is 0.419 e. The highest BCUT2D eigenvalue weighted by Crippen LogP contribution is 2.20. The monoisotopic (exact) mass is 273 g/mol. The molecule has 2 aromatic rings. The fourth-order valence-corrected chi connectivity index (χ4v) is 1.77. The number of para-hydroxylation sites is 1. The van der Waals surface area contributed by atoms with Gasteiger partial charge in [-0.2, -0.15) is 0 Å². The van der Waals surface area contributed by atoms with Crippen molar-refractivity contribution in [2.24, 2.45) is 0 Å². The summed E-state index contributed by atoms with van der Waals surface area (Å²) in [5, 5.41) is 0. The van der Waals surface area contributed by atoms with Gasteiger partial charge in [0, 0.05) is 12.7 Å². The van der Waals surface area contributed by atoms with Gasteiger partial charge in [0.2, 0.25) is 0 Å². The minimum atomic E-state index is -0.626. The summed E-state index contributed by atoms with van der Waals surface area (Å²) in [6.07, 6.45) is 0.106. The number of benzene rings is 2. The maximum atomic E-state index is 13.8. The first-order valence-corrected chi connectivity index (χ1v) is 6.41. The highest BCUT2D eigenvalue weighted by molar-refractivity contribution is 5.88. The van der Waals surface area contributed by atoms with Gasteiger partial charge >= 0.3 is 6.09 Å². The first-order chi connectivity index (χ1) is 9.61. The van der Waals surface area contributed by atoms with Gasteiger partial charge in [-0.15, -0.1) is 0 Å². The van der Waals surface area contributed by atoms with Crippen LogP contribution < -0.4 is 9.64 Å². The summed E-state index contributed by atoms with van der Waals surface area (Å²) in [7, 11) is 1.58. The Kier molecular flexibility index (Phi) is 4.35. The van der Waals surface area contributed by atoms with Crippen molar-refractivity contribution in [3.63, 3.8) is 0 Å². The molecule has 0 unspecified atom stereocenters. The number of halogens is 1. The van der Waals surface area contributed by atoms with Gasteiger partial charge in [0.15, 0.2) is 11.6 Å². The van der Waals surface area contributed by atoms with Crippen LogP contribution in [0.15, 0.2) is 48.5 Å². The Morgan fingerprint density at radius 1 is 1.20 bits per heavy atom. The van der Waals surface area contributed by atoms with Crippen molar-refractivity contribution in [2.75, 3.05) is 11.9 Å². The van der Waals surface area contributed by atoms with E-state index >= 15 is 0 Å². The highest BCUT2D eigenvalue weighted by Gasteiger charge is 2.15. The van der Waals surface area contributed by atoms with Gasteiger partial charge in [0.05, 0.1) is 0 Å². The minimum Gasteiger partial charge on any atom is -0.407 e. The van der Waals surface area contributed by atoms with E-state index in [4.69, 9.17) is 4.74 Å². The van der Waals surface area contributed by atoms with Crippen LogP contribution in [0.3, 0.4) is 0 Å². The second-order valence-electron chi connectivity index (χ2n) is 4.38. The summed E-state index contributed by atoms with van der Waals surface area (Å²) in [6.45, 7) is 1.93. The summed E-state index contributed by atoms with van der Waals surface area (Å²) in [6, 6.07) is 13.6. The molecule has 20 heavy (non-hydrogen) atoms. The molecule has 0 fully saturated rings. The Balaban J connectivity index is 2.12. The first kappa shape index (κ1) is 14.1. The van der Waals surface area contributed by atoms with Crippen LogP contribution in [-0.2, 0) is 6.42 Å². The number of hydrogen-bond donors (Lipinski definition) is 0. The molecule has 0 heterocycles. The molecule has 0 saturated carbocycles. The van der Waals surface area contributed by atoms with Crippen LogP contribution in [0.5, 0.6) is 5.75 Å². The average Bonchev–Trinajstić information content (AvgIpc) is 2.49. The lowest BCUT2D eigenvalue weighted by atomic mass is 10.1. The standard InChI is InChI=1S/C16H16FNO2/c1-3-12-9-10-15(14(17)11-12)20-16(19)18(2)13-7-5-4-6-8-13/h4-11H,3H2,1-2H3. The molecule has 1 amide bonds. The topological polar surface area (TPSA) is 29.5 Å². The molecule has 0 bridgehead atoms. The summed E-state index contributed by atoms with van der Waals surface area (Å²) < 4.78 is 18.8. The maximum absolute atomic E-state index is 13.8. The van der Waals surface area contributed by atoms with E-state index in [-0.39, 0.29) is 5.75 Å². The van der Waals surface area contributed by atoms with Crippen LogP contribution in [0, 0.1) is 5.82 Å². The lowest BCUT2D eigenvalue weighted by Gasteiger charge is -2.17. The third-order valence-corrected chi connectivity index (χ3v) is 3.02. The van der Waals surface area contributed by atoms with E-state index in [2.05, 4.69) is 0 Å². The lowest BCUT2D eigenvalue weighted by Crippen LogP contribution is -2.29. The van der Waals surface area contributed by atoms with Crippen molar-refractivity contribution in [1.82, 2.24) is 0 Å². The number of ether oxygens (including phenoxy) is 1. The number of carbonyl (C=O) groups excluding carboxylic acids is 1. The molecule has 0 atom stereocenters. The smallest absolute Gasteiger partial charge is 0.407 e. The van der Waals surface area contributed by atoms with E-state index in [9.17, 15) is 9.18 Å². The van der Waals surface area contributed by atoms with Gasteiger partial charge in [0.25, 0.3) is 0 Å². The third kappa shape index (κ3) is 3.15. The molecule has 0 aromatic heterocycles. The highest BCUT2D eigenvalue weighted by atomic mass is 19.1. The van der Waals surface area contributed by atoms with Crippen LogP contribution in [0.4, 0.5) is 14.9 Å². The molecule has 0 aliphatic heterocycles. The second-order valence-corrected chi connectivity index (χ2v) is 4.38. The predicted molar refractivity (Wildman–Crippen MR) is 76.6 cm³/mol. The number of amides is 1. The van der Waals surface area contributed by atoms with Crippen LogP contribution in [0.1, 0.15) is 12.5 Å². The zero-order chi connectivity index (χ0) is 14.5. The second kappa shape index (κ2) is 6.19. The van der Waals surface area contributed by atoms with Crippen LogP contribution in [0.2, 0.25) is 0 Å². The first-order valence-electron chi connectivity index (χ1n) is 6.41. The Morgan fingerprint density at radius 2 is 1.90 bits per heavy atom. The quantitative estimate of drug-likeness (QED) is 0.845. The van der Waals surface area contributed by atoms with Crippen LogP contribution >= 0.6 is 0 Å². The Bertz CT molecular complexity index is 599. The van der Waals surface area contributed by atoms with Gasteiger partial charge in [-0.3, -0.25) is 4.90 Å². The van der Waals surface area contributed by atoms with Crippen LogP contribution in [-0.4, -0.2) is 13.1 Å². The molecule has 0 aliphatic rings. The summed E-state index contributed by atoms with van der Waals surface area (Å²) in [5.41, 5.74) is 1.54. The third-order valence-electron chi connectivity index (χ3n) is 3.02. The zero-order valence-electron chi connectivity index (χ0n) is 11.5. The Hall–Kier alpha value is -2.36. The number of anilines is 1. The number of hydrogen-bond acceptors (Lipinski definition) is 2. The van der Waals surface area contributed by atoms with Crippen molar-refractivity contribution >= 4 is 11.8 Å². The zero-order valence-corrected chi connectivity index (χ0v) is 11.5. The molecule has 0 aliphatic carbocycles. The molecule has 0 radical (unpaired) electrons. The number of aryl methyl sites for hydroxylation is 1. The summed E-state index contributed by atoms with van der Waals surface area (Å²) >= 11 is 0. The van der Waals surface area contributed by atoms with Gasteiger partial charge in [-0.1, -0.05) is 31.2 Å². The van der Waals surface area contributed by atoms with Gasteiger partial charge in [-0.25, -0.2) is 9.18 Å². The predicted octanol–water partition coefficient (Wildman–Crippen LogP) is 4.02. The fourth-order valence-electron chi connectivity index (χ4n) is 1.77. The molecule has 0 N–H and O–H groups in total. The summed E-state index contributed by atoms with van der Waals surface area (Å²) in [5.74, 6) is -0.589. The van der Waals surface area contributed by atoms with Crippen molar-refractivity contribution in [3.8, 4) is 5.75 Å². The van der Waals surface area contributed by atoms with Crippen molar-refractivity contribution < 1.29 is 13.9 Å². The molecule has 2 rings (SSSR count). The van der Waals surface area contributed by atoms with Crippen molar-refractivity contribution in [2.45, 2.75) is 13.3 Å². The Morgan fingerprint density at radius 3 is 2.50 bits per heavy atom. The van der Waals surface area contributed by atoms with E-state index in [1.165, 1.54) is 17.0 Å². The summed E-state index contributed by atoms with van der Waals surface area (Å²) in [4.78, 5) is 13.3. The van der Waals surface area contributed by atoms with Gasteiger partial charge < -0.3 is 4.74 Å². The molecule has 2 aromatic carbocycles.